The molecule has 3 aromatic heterocycles. The Morgan fingerprint density at radius 1 is 1.37 bits per heavy atom. The minimum atomic E-state index is -0.317. The average molecular weight is 390 g/mol. The van der Waals surface area contributed by atoms with Gasteiger partial charge in [-0.2, -0.15) is 5.10 Å². The van der Waals surface area contributed by atoms with Crippen LogP contribution in [-0.2, 0) is 13.1 Å². The SMILES string of the molecule is CCOc1ncc(-c2ccc(Cn3cnn(C/C(=C/F)CN)c3=O)s2)cn1. The van der Waals surface area contributed by atoms with E-state index in [1.54, 1.807) is 12.4 Å². The molecule has 0 aliphatic carbocycles. The first kappa shape index (κ1) is 18.9. The molecule has 2 N–H and O–H groups in total. The van der Waals surface area contributed by atoms with Crippen molar-refractivity contribution < 1.29 is 9.13 Å². The Kier molecular flexibility index (Phi) is 6.09. The molecule has 0 unspecified atom stereocenters. The molecule has 27 heavy (non-hydrogen) atoms. The van der Waals surface area contributed by atoms with Gasteiger partial charge < -0.3 is 10.5 Å². The van der Waals surface area contributed by atoms with Crippen LogP contribution in [0.2, 0.25) is 0 Å². The van der Waals surface area contributed by atoms with Crippen LogP contribution in [0.4, 0.5) is 4.39 Å². The van der Waals surface area contributed by atoms with Crippen molar-refractivity contribution in [3.63, 3.8) is 0 Å². The molecule has 0 saturated carbocycles. The largest absolute Gasteiger partial charge is 0.464 e. The van der Waals surface area contributed by atoms with Gasteiger partial charge in [-0.3, -0.25) is 4.57 Å². The van der Waals surface area contributed by atoms with Gasteiger partial charge in [0.05, 0.1) is 26.0 Å². The van der Waals surface area contributed by atoms with Crippen molar-refractivity contribution in [2.24, 2.45) is 5.73 Å². The van der Waals surface area contributed by atoms with Crippen LogP contribution in [0, 0.1) is 0 Å². The molecular formula is C17H19FN6O2S. The number of ether oxygens (including phenoxy) is 1. The fourth-order valence-corrected chi connectivity index (χ4v) is 3.34. The Morgan fingerprint density at radius 3 is 2.81 bits per heavy atom. The summed E-state index contributed by atoms with van der Waals surface area (Å²) in [6.45, 7) is 2.83. The van der Waals surface area contributed by atoms with Crippen LogP contribution in [-0.4, -0.2) is 37.5 Å². The summed E-state index contributed by atoms with van der Waals surface area (Å²) in [6, 6.07) is 4.23. The molecule has 0 bridgehead atoms. The number of thiophene rings is 1. The zero-order valence-corrected chi connectivity index (χ0v) is 15.5. The number of hydrogen-bond acceptors (Lipinski definition) is 7. The number of rotatable bonds is 8. The molecular weight excluding hydrogens is 371 g/mol. The lowest BCUT2D eigenvalue weighted by molar-refractivity contribution is 0.312. The lowest BCUT2D eigenvalue weighted by Gasteiger charge is -2.02. The quantitative estimate of drug-likeness (QED) is 0.630. The predicted molar refractivity (Wildman–Crippen MR) is 100 cm³/mol. The summed E-state index contributed by atoms with van der Waals surface area (Å²) in [5.41, 5.74) is 6.28. The second-order valence-corrected chi connectivity index (χ2v) is 6.79. The van der Waals surface area contributed by atoms with Gasteiger partial charge in [-0.15, -0.1) is 11.3 Å². The zero-order valence-electron chi connectivity index (χ0n) is 14.7. The molecule has 3 heterocycles. The minimum absolute atomic E-state index is 0.0360. The summed E-state index contributed by atoms with van der Waals surface area (Å²) in [6.07, 6.45) is 5.26. The van der Waals surface area contributed by atoms with Gasteiger partial charge in [-0.05, 0) is 24.6 Å². The van der Waals surface area contributed by atoms with Crippen molar-refractivity contribution in [3.05, 3.63) is 58.1 Å². The van der Waals surface area contributed by atoms with Gasteiger partial charge in [0, 0.05) is 34.3 Å². The first-order valence-electron chi connectivity index (χ1n) is 8.29. The number of halogens is 1. The maximum absolute atomic E-state index is 12.7. The Morgan fingerprint density at radius 2 is 2.15 bits per heavy atom. The van der Waals surface area contributed by atoms with Crippen LogP contribution in [0.5, 0.6) is 6.01 Å². The standard InChI is InChI=1S/C17H19FN6O2S/c1-2-26-16-20-7-13(8-21-16)15-4-3-14(27-15)10-23-11-22-24(17(23)25)9-12(5-18)6-19/h3-5,7-8,11H,2,6,9-10,19H2,1H3/b12-5+. The van der Waals surface area contributed by atoms with E-state index in [9.17, 15) is 9.18 Å². The van der Waals surface area contributed by atoms with E-state index >= 15 is 0 Å². The first-order chi connectivity index (χ1) is 13.1. The number of aromatic nitrogens is 5. The molecule has 0 aliphatic rings. The van der Waals surface area contributed by atoms with Gasteiger partial charge in [0.1, 0.15) is 6.33 Å². The first-order valence-corrected chi connectivity index (χ1v) is 9.10. The Labute approximate surface area is 158 Å². The summed E-state index contributed by atoms with van der Waals surface area (Å²) in [5, 5.41) is 4.01. The van der Waals surface area contributed by atoms with E-state index in [0.717, 1.165) is 15.3 Å². The molecule has 0 saturated heterocycles. The van der Waals surface area contributed by atoms with E-state index in [2.05, 4.69) is 15.1 Å². The maximum atomic E-state index is 12.7. The van der Waals surface area contributed by atoms with Crippen LogP contribution in [0.15, 0.2) is 47.6 Å². The fourth-order valence-electron chi connectivity index (χ4n) is 2.36. The number of nitrogens with two attached hydrogens (primary N) is 1. The van der Waals surface area contributed by atoms with Crippen LogP contribution >= 0.6 is 11.3 Å². The van der Waals surface area contributed by atoms with Crippen molar-refractivity contribution in [2.45, 2.75) is 20.0 Å². The maximum Gasteiger partial charge on any atom is 0.346 e. The molecule has 0 aromatic carbocycles. The number of nitrogens with zero attached hydrogens (tertiary/aromatic N) is 5. The van der Waals surface area contributed by atoms with E-state index in [-0.39, 0.29) is 18.8 Å². The topological polar surface area (TPSA) is 101 Å². The highest BCUT2D eigenvalue weighted by molar-refractivity contribution is 7.15. The highest BCUT2D eigenvalue weighted by atomic mass is 32.1. The molecule has 0 atom stereocenters. The van der Waals surface area contributed by atoms with Crippen LogP contribution in [0.3, 0.4) is 0 Å². The lowest BCUT2D eigenvalue weighted by Crippen LogP contribution is -2.26. The molecule has 0 aliphatic heterocycles. The molecule has 0 amide bonds. The number of hydrogen-bond donors (Lipinski definition) is 1. The van der Waals surface area contributed by atoms with Gasteiger partial charge in [0.15, 0.2) is 0 Å². The van der Waals surface area contributed by atoms with Gasteiger partial charge in [0.2, 0.25) is 0 Å². The van der Waals surface area contributed by atoms with Crippen LogP contribution in [0.25, 0.3) is 10.4 Å². The van der Waals surface area contributed by atoms with E-state index in [0.29, 0.717) is 31.1 Å². The molecule has 142 valence electrons. The van der Waals surface area contributed by atoms with E-state index in [1.807, 2.05) is 19.1 Å². The van der Waals surface area contributed by atoms with Gasteiger partial charge in [-0.25, -0.2) is 23.8 Å². The van der Waals surface area contributed by atoms with Crippen molar-refractivity contribution in [1.82, 2.24) is 24.3 Å². The summed E-state index contributed by atoms with van der Waals surface area (Å²) < 4.78 is 20.5. The fraction of sp³-hybridized carbons (Fsp3) is 0.294. The zero-order chi connectivity index (χ0) is 19.2. The van der Waals surface area contributed by atoms with Crippen molar-refractivity contribution in [3.8, 4) is 16.5 Å². The normalized spacial score (nSPS) is 11.7. The lowest BCUT2D eigenvalue weighted by atomic mass is 10.3. The van der Waals surface area contributed by atoms with E-state index in [1.165, 1.54) is 26.9 Å². The summed E-state index contributed by atoms with van der Waals surface area (Å²) in [4.78, 5) is 22.6. The molecule has 3 aromatic rings. The molecule has 8 nitrogen and oxygen atoms in total. The smallest absolute Gasteiger partial charge is 0.346 e. The Balaban J connectivity index is 1.73. The third-order valence-corrected chi connectivity index (χ3v) is 4.86. The van der Waals surface area contributed by atoms with Crippen molar-refractivity contribution >= 4 is 11.3 Å². The van der Waals surface area contributed by atoms with Gasteiger partial charge in [0.25, 0.3) is 0 Å². The second kappa shape index (κ2) is 8.69. The van der Waals surface area contributed by atoms with Crippen LogP contribution < -0.4 is 16.2 Å². The molecule has 0 spiro atoms. The second-order valence-electron chi connectivity index (χ2n) is 5.62. The molecule has 0 fully saturated rings. The van der Waals surface area contributed by atoms with Crippen LogP contribution in [0.1, 0.15) is 11.8 Å². The Bertz CT molecular complexity index is 976. The minimum Gasteiger partial charge on any atom is -0.464 e. The monoisotopic (exact) mass is 390 g/mol. The summed E-state index contributed by atoms with van der Waals surface area (Å²) >= 11 is 1.53. The average Bonchev–Trinajstić information content (AvgIpc) is 3.29. The third-order valence-electron chi connectivity index (χ3n) is 3.74. The summed E-state index contributed by atoms with van der Waals surface area (Å²) in [5.74, 6) is 0. The van der Waals surface area contributed by atoms with Crippen molar-refractivity contribution in [2.75, 3.05) is 13.2 Å². The van der Waals surface area contributed by atoms with Gasteiger partial charge >= 0.3 is 11.7 Å². The Hall–Kier alpha value is -2.85. The molecule has 0 radical (unpaired) electrons. The third kappa shape index (κ3) is 4.47. The predicted octanol–water partition coefficient (Wildman–Crippen LogP) is 1.82. The highest BCUT2D eigenvalue weighted by Crippen LogP contribution is 2.27. The highest BCUT2D eigenvalue weighted by Gasteiger charge is 2.10. The van der Waals surface area contributed by atoms with E-state index in [4.69, 9.17) is 10.5 Å². The van der Waals surface area contributed by atoms with Gasteiger partial charge in [-0.1, -0.05) is 0 Å². The van der Waals surface area contributed by atoms with Crippen molar-refractivity contribution in [1.29, 1.82) is 0 Å². The van der Waals surface area contributed by atoms with E-state index < -0.39 is 0 Å². The summed E-state index contributed by atoms with van der Waals surface area (Å²) in [7, 11) is 0. The molecule has 3 rings (SSSR count). The molecule has 10 heteroatoms.